The van der Waals surface area contributed by atoms with Crippen LogP contribution in [0.5, 0.6) is 0 Å². The van der Waals surface area contributed by atoms with E-state index in [1.165, 1.54) is 0 Å². The van der Waals surface area contributed by atoms with Crippen LogP contribution in [0.15, 0.2) is 0 Å². The molecule has 0 aromatic heterocycles. The maximum Gasteiger partial charge on any atom is 0.304 e. The molecule has 0 heterocycles. The Balaban J connectivity index is 2.83. The summed E-state index contributed by atoms with van der Waals surface area (Å²) in [6, 6.07) is -2.96. The molecule has 0 amide bonds. The van der Waals surface area contributed by atoms with Crippen LogP contribution in [0.3, 0.4) is 0 Å². The lowest BCUT2D eigenvalue weighted by atomic mass is 9.79. The molecule has 27 heavy (non-hydrogen) atoms. The third kappa shape index (κ3) is 7.63. The van der Waals surface area contributed by atoms with Gasteiger partial charge < -0.3 is 51.7 Å². The summed E-state index contributed by atoms with van der Waals surface area (Å²) in [5.41, 5.74) is 0. The average Bonchev–Trinajstić information content (AvgIpc) is 2.56. The Morgan fingerprint density at radius 3 is 1.33 bits per heavy atom. The standard InChI is InChI=1S/C15H29N3O9/c19-7(20)1-4-16-10-13(25)11(17-5-2-8(21)22)15(27)12(14(10)26)18-6-3-9(23)24/h7,10-20,25-27H,1-6H2,(H,21,22)(H,23,24). The zero-order valence-corrected chi connectivity index (χ0v) is 14.7. The lowest BCUT2D eigenvalue weighted by molar-refractivity contribution is -0.137. The highest BCUT2D eigenvalue weighted by atomic mass is 16.5. The summed E-state index contributed by atoms with van der Waals surface area (Å²) in [5.74, 6) is -2.13. The lowest BCUT2D eigenvalue weighted by Crippen LogP contribution is -2.73. The molecule has 4 atom stereocenters. The van der Waals surface area contributed by atoms with Gasteiger partial charge in [0.1, 0.15) is 0 Å². The van der Waals surface area contributed by atoms with E-state index in [1.54, 1.807) is 0 Å². The third-order valence-corrected chi connectivity index (χ3v) is 4.43. The number of aliphatic hydroxyl groups excluding tert-OH is 4. The zero-order chi connectivity index (χ0) is 20.6. The fraction of sp³-hybridized carbons (Fsp3) is 0.867. The van der Waals surface area contributed by atoms with E-state index in [9.17, 15) is 24.9 Å². The Bertz CT molecular complexity index is 445. The maximum absolute atomic E-state index is 10.7. The second-order valence-electron chi connectivity index (χ2n) is 6.47. The summed E-state index contributed by atoms with van der Waals surface area (Å²) in [6.07, 6.45) is -6.06. The highest BCUT2D eigenvalue weighted by Crippen LogP contribution is 2.22. The van der Waals surface area contributed by atoms with E-state index in [4.69, 9.17) is 20.4 Å². The van der Waals surface area contributed by atoms with Crippen molar-refractivity contribution in [2.24, 2.45) is 0 Å². The van der Waals surface area contributed by atoms with Gasteiger partial charge in [-0.05, 0) is 0 Å². The second-order valence-corrected chi connectivity index (χ2v) is 6.47. The molecule has 12 heteroatoms. The Labute approximate surface area is 155 Å². The van der Waals surface area contributed by atoms with Crippen LogP contribution in [0.25, 0.3) is 0 Å². The Kier molecular flexibility index (Phi) is 10.0. The van der Waals surface area contributed by atoms with E-state index in [-0.39, 0.29) is 38.9 Å². The number of aliphatic hydroxyl groups is 5. The molecule has 0 radical (unpaired) electrons. The van der Waals surface area contributed by atoms with Crippen molar-refractivity contribution < 1.29 is 45.3 Å². The molecule has 4 unspecified atom stereocenters. The van der Waals surface area contributed by atoms with Crippen LogP contribution in [0.2, 0.25) is 0 Å². The molecule has 0 aromatic carbocycles. The predicted octanol–water partition coefficient (Wildman–Crippen LogP) is -4.39. The minimum atomic E-state index is -1.57. The van der Waals surface area contributed by atoms with Gasteiger partial charge in [0, 0.05) is 26.1 Å². The summed E-state index contributed by atoms with van der Waals surface area (Å²) in [7, 11) is 0. The molecule has 0 saturated heterocycles. The first-order chi connectivity index (χ1) is 12.6. The topological polar surface area (TPSA) is 212 Å². The van der Waals surface area contributed by atoms with Crippen molar-refractivity contribution in [3.8, 4) is 0 Å². The first kappa shape index (κ1) is 23.7. The Hall–Kier alpha value is -1.38. The van der Waals surface area contributed by atoms with Gasteiger partial charge in [-0.15, -0.1) is 0 Å². The highest BCUT2D eigenvalue weighted by molar-refractivity contribution is 5.67. The molecule has 1 aliphatic carbocycles. The monoisotopic (exact) mass is 395 g/mol. The fourth-order valence-electron chi connectivity index (χ4n) is 3.07. The molecule has 0 bridgehead atoms. The van der Waals surface area contributed by atoms with Crippen molar-refractivity contribution in [1.82, 2.24) is 16.0 Å². The summed E-state index contributed by atoms with van der Waals surface area (Å²) in [4.78, 5) is 21.3. The molecular weight excluding hydrogens is 366 g/mol. The zero-order valence-electron chi connectivity index (χ0n) is 14.7. The molecule has 0 aliphatic heterocycles. The number of rotatable bonds is 12. The van der Waals surface area contributed by atoms with Crippen molar-refractivity contribution in [3.05, 3.63) is 0 Å². The number of carboxylic acids is 2. The Morgan fingerprint density at radius 1 is 0.704 bits per heavy atom. The average molecular weight is 395 g/mol. The van der Waals surface area contributed by atoms with Crippen molar-refractivity contribution >= 4 is 11.9 Å². The quantitative estimate of drug-likeness (QED) is 0.142. The minimum Gasteiger partial charge on any atom is -0.481 e. The molecule has 1 aliphatic rings. The lowest BCUT2D eigenvalue weighted by Gasteiger charge is -2.47. The molecule has 0 aromatic rings. The summed E-state index contributed by atoms with van der Waals surface area (Å²) >= 11 is 0. The summed E-state index contributed by atoms with van der Waals surface area (Å²) in [5, 5.41) is 75.0. The van der Waals surface area contributed by atoms with Gasteiger partial charge in [0.25, 0.3) is 0 Å². The fourth-order valence-corrected chi connectivity index (χ4v) is 3.07. The summed E-state index contributed by atoms with van der Waals surface area (Å²) < 4.78 is 0. The van der Waals surface area contributed by atoms with Crippen LogP contribution in [0, 0.1) is 0 Å². The van der Waals surface area contributed by atoms with Gasteiger partial charge in [-0.1, -0.05) is 0 Å². The largest absolute Gasteiger partial charge is 0.481 e. The number of aliphatic carboxylic acids is 2. The second kappa shape index (κ2) is 11.5. The minimum absolute atomic E-state index is 0.0336. The Morgan fingerprint density at radius 2 is 1.04 bits per heavy atom. The van der Waals surface area contributed by atoms with Gasteiger partial charge in [-0.25, -0.2) is 0 Å². The number of hydrogen-bond donors (Lipinski definition) is 10. The van der Waals surface area contributed by atoms with E-state index < -0.39 is 54.7 Å². The van der Waals surface area contributed by atoms with Crippen LogP contribution in [0.4, 0.5) is 0 Å². The van der Waals surface area contributed by atoms with Crippen LogP contribution in [0.1, 0.15) is 19.3 Å². The van der Waals surface area contributed by atoms with Gasteiger partial charge >= 0.3 is 11.9 Å². The summed E-state index contributed by atoms with van der Waals surface area (Å²) in [6.45, 7) is -0.0154. The number of hydrogen-bond acceptors (Lipinski definition) is 10. The van der Waals surface area contributed by atoms with E-state index in [1.807, 2.05) is 0 Å². The molecule has 12 nitrogen and oxygen atoms in total. The normalized spacial score (nSPS) is 31.2. The predicted molar refractivity (Wildman–Crippen MR) is 90.7 cm³/mol. The van der Waals surface area contributed by atoms with Gasteiger partial charge in [-0.3, -0.25) is 9.59 Å². The van der Waals surface area contributed by atoms with Crippen LogP contribution >= 0.6 is 0 Å². The van der Waals surface area contributed by atoms with Crippen molar-refractivity contribution in [3.63, 3.8) is 0 Å². The van der Waals surface area contributed by atoms with Crippen molar-refractivity contribution in [2.45, 2.75) is 62.0 Å². The smallest absolute Gasteiger partial charge is 0.304 e. The number of carbonyl (C=O) groups is 2. The van der Waals surface area contributed by atoms with Crippen LogP contribution < -0.4 is 16.0 Å². The molecule has 10 N–H and O–H groups in total. The van der Waals surface area contributed by atoms with Crippen molar-refractivity contribution in [2.75, 3.05) is 19.6 Å². The van der Waals surface area contributed by atoms with Gasteiger partial charge in [-0.2, -0.15) is 0 Å². The van der Waals surface area contributed by atoms with Crippen LogP contribution in [-0.4, -0.2) is 110 Å². The van der Waals surface area contributed by atoms with E-state index in [2.05, 4.69) is 16.0 Å². The third-order valence-electron chi connectivity index (χ3n) is 4.43. The van der Waals surface area contributed by atoms with Gasteiger partial charge in [0.15, 0.2) is 6.29 Å². The maximum atomic E-state index is 10.7. The first-order valence-electron chi connectivity index (χ1n) is 8.69. The molecule has 1 fully saturated rings. The first-order valence-corrected chi connectivity index (χ1v) is 8.69. The van der Waals surface area contributed by atoms with Crippen molar-refractivity contribution in [1.29, 1.82) is 0 Å². The highest BCUT2D eigenvalue weighted by Gasteiger charge is 2.48. The molecule has 0 spiro atoms. The van der Waals surface area contributed by atoms with E-state index in [0.29, 0.717) is 0 Å². The van der Waals surface area contributed by atoms with Crippen LogP contribution in [-0.2, 0) is 9.59 Å². The molecule has 1 rings (SSSR count). The molecular formula is C15H29N3O9. The number of carboxylic acid groups (broad SMARTS) is 2. The van der Waals surface area contributed by atoms with Gasteiger partial charge in [0.2, 0.25) is 0 Å². The SMILES string of the molecule is O=C(O)CCNC1C(O)C(NCCC(=O)O)C(O)C(NCCC(O)O)C1O. The molecule has 158 valence electrons. The van der Waals surface area contributed by atoms with Gasteiger partial charge in [0.05, 0.1) is 49.3 Å². The van der Waals surface area contributed by atoms with E-state index >= 15 is 0 Å². The molecule has 1 saturated carbocycles. The van der Waals surface area contributed by atoms with E-state index in [0.717, 1.165) is 0 Å². The number of nitrogens with one attached hydrogen (secondary N) is 3.